The molecule has 2 heterocycles. The molecule has 7 nitrogen and oxygen atoms in total. The molecule has 0 bridgehead atoms. The number of aromatic nitrogens is 3. The number of anilines is 1. The summed E-state index contributed by atoms with van der Waals surface area (Å²) in [5.41, 5.74) is 6.09. The lowest BCUT2D eigenvalue weighted by Gasteiger charge is -2.09. The fourth-order valence-corrected chi connectivity index (χ4v) is 3.85. The second-order valence-corrected chi connectivity index (χ2v) is 7.97. The van der Waals surface area contributed by atoms with Crippen molar-refractivity contribution in [2.45, 2.75) is 6.92 Å². The summed E-state index contributed by atoms with van der Waals surface area (Å²) in [5.74, 6) is 1.01. The summed E-state index contributed by atoms with van der Waals surface area (Å²) < 4.78 is 5.50. The van der Waals surface area contributed by atoms with E-state index in [2.05, 4.69) is 25.5 Å². The number of nitrogens with zero attached hydrogens (tertiary/aromatic N) is 3. The summed E-state index contributed by atoms with van der Waals surface area (Å²) in [6.07, 6.45) is 1.45. The van der Waals surface area contributed by atoms with Crippen molar-refractivity contribution in [3.63, 3.8) is 0 Å². The summed E-state index contributed by atoms with van der Waals surface area (Å²) in [4.78, 5) is 24.6. The molecule has 8 heteroatoms. The molecule has 0 atom stereocenters. The monoisotopic (exact) mass is 469 g/mol. The maximum atomic E-state index is 12.5. The predicted octanol–water partition coefficient (Wildman–Crippen LogP) is 5.64. The molecule has 0 fully saturated rings. The lowest BCUT2D eigenvalue weighted by atomic mass is 10.1. The number of nitrogens with one attached hydrogen (secondary N) is 2. The normalized spacial score (nSPS) is 11.4. The molecule has 0 aliphatic heterocycles. The molecule has 0 saturated carbocycles. The first kappa shape index (κ1) is 21.6. The number of aromatic amines is 1. The molecule has 0 amide bonds. The highest BCUT2D eigenvalue weighted by molar-refractivity contribution is 6.31. The minimum atomic E-state index is -0.259. The molecule has 0 aliphatic carbocycles. The number of pyridine rings is 1. The molecule has 5 rings (SSSR count). The Morgan fingerprint density at radius 1 is 1.06 bits per heavy atom. The average Bonchev–Trinajstić information content (AvgIpc) is 2.85. The van der Waals surface area contributed by atoms with Crippen LogP contribution in [0.3, 0.4) is 0 Å². The summed E-state index contributed by atoms with van der Waals surface area (Å²) in [5, 5.41) is 6.53. The number of fused-ring (bicyclic) bond motifs is 2. The molecule has 0 spiro atoms. The van der Waals surface area contributed by atoms with Gasteiger partial charge >= 0.3 is 0 Å². The molecule has 0 radical (unpaired) electrons. The molecule has 3 aromatic carbocycles. The lowest BCUT2D eigenvalue weighted by Crippen LogP contribution is -2.12. The van der Waals surface area contributed by atoms with Gasteiger partial charge in [-0.3, -0.25) is 4.79 Å². The van der Waals surface area contributed by atoms with Gasteiger partial charge in [0.15, 0.2) is 0 Å². The Balaban J connectivity index is 1.47. The van der Waals surface area contributed by atoms with Crippen LogP contribution in [0.15, 0.2) is 82.7 Å². The van der Waals surface area contributed by atoms with E-state index in [-0.39, 0.29) is 5.56 Å². The molecular weight excluding hydrogens is 450 g/mol. The van der Waals surface area contributed by atoms with Gasteiger partial charge in [0.1, 0.15) is 5.75 Å². The number of hydrogen-bond acceptors (Lipinski definition) is 6. The third kappa shape index (κ3) is 4.46. The van der Waals surface area contributed by atoms with Crippen LogP contribution in [0.25, 0.3) is 33.1 Å². The number of ether oxygens (including phenoxy) is 1. The largest absolute Gasteiger partial charge is 0.494 e. The van der Waals surface area contributed by atoms with Crippen LogP contribution in [-0.2, 0) is 0 Å². The van der Waals surface area contributed by atoms with Gasteiger partial charge < -0.3 is 9.72 Å². The Kier molecular flexibility index (Phi) is 5.93. The molecule has 2 N–H and O–H groups in total. The van der Waals surface area contributed by atoms with Gasteiger partial charge in [0.2, 0.25) is 5.95 Å². The number of hydrazone groups is 1. The van der Waals surface area contributed by atoms with E-state index in [1.54, 1.807) is 18.2 Å². The van der Waals surface area contributed by atoms with E-state index in [0.717, 1.165) is 27.5 Å². The standard InChI is InChI=1S/C26H20ClN5O2/c1-2-34-20-10-8-17-12-18(25(33)29-23(17)14-20)15-28-32-26-30-22-11-9-19(27)13-21(22)24(31-26)16-6-4-3-5-7-16/h3-15H,2H2,1H3,(H,29,33)(H,30,31,32)/b28-15-. The Hall–Kier alpha value is -4.23. The van der Waals surface area contributed by atoms with Gasteiger partial charge in [-0.15, -0.1) is 0 Å². The predicted molar refractivity (Wildman–Crippen MR) is 137 cm³/mol. The number of rotatable bonds is 6. The summed E-state index contributed by atoms with van der Waals surface area (Å²) in [7, 11) is 0. The number of benzene rings is 3. The van der Waals surface area contributed by atoms with Crippen molar-refractivity contribution in [3.8, 4) is 17.0 Å². The van der Waals surface area contributed by atoms with E-state index in [9.17, 15) is 4.79 Å². The van der Waals surface area contributed by atoms with Crippen LogP contribution in [0.1, 0.15) is 12.5 Å². The molecular formula is C26H20ClN5O2. The Morgan fingerprint density at radius 2 is 1.91 bits per heavy atom. The minimum Gasteiger partial charge on any atom is -0.494 e. The van der Waals surface area contributed by atoms with Crippen molar-refractivity contribution in [1.82, 2.24) is 15.0 Å². The molecule has 0 aliphatic rings. The van der Waals surface area contributed by atoms with E-state index >= 15 is 0 Å². The fourth-order valence-electron chi connectivity index (χ4n) is 3.68. The maximum absolute atomic E-state index is 12.5. The summed E-state index contributed by atoms with van der Waals surface area (Å²) in [6, 6.07) is 22.6. The number of hydrogen-bond donors (Lipinski definition) is 2. The Bertz CT molecular complexity index is 1580. The van der Waals surface area contributed by atoms with Gasteiger partial charge in [-0.2, -0.15) is 5.10 Å². The zero-order valence-corrected chi connectivity index (χ0v) is 19.0. The summed E-state index contributed by atoms with van der Waals surface area (Å²) >= 11 is 6.22. The van der Waals surface area contributed by atoms with Gasteiger partial charge in [-0.25, -0.2) is 15.4 Å². The third-order valence-electron chi connectivity index (χ3n) is 5.23. The first-order valence-corrected chi connectivity index (χ1v) is 11.1. The maximum Gasteiger partial charge on any atom is 0.257 e. The van der Waals surface area contributed by atoms with Gasteiger partial charge in [-0.1, -0.05) is 41.9 Å². The van der Waals surface area contributed by atoms with Crippen LogP contribution in [-0.4, -0.2) is 27.8 Å². The van der Waals surface area contributed by atoms with Crippen LogP contribution in [0.5, 0.6) is 5.75 Å². The third-order valence-corrected chi connectivity index (χ3v) is 5.47. The second kappa shape index (κ2) is 9.33. The van der Waals surface area contributed by atoms with Crippen LogP contribution in [0, 0.1) is 0 Å². The van der Waals surface area contributed by atoms with Gasteiger partial charge in [0.25, 0.3) is 5.56 Å². The molecule has 5 aromatic rings. The smallest absolute Gasteiger partial charge is 0.257 e. The molecule has 0 saturated heterocycles. The number of halogens is 1. The van der Waals surface area contributed by atoms with Crippen LogP contribution >= 0.6 is 11.6 Å². The molecule has 2 aromatic heterocycles. The fraction of sp³-hybridized carbons (Fsp3) is 0.0769. The first-order chi connectivity index (χ1) is 16.6. The minimum absolute atomic E-state index is 0.259. The highest BCUT2D eigenvalue weighted by Crippen LogP contribution is 2.29. The van der Waals surface area contributed by atoms with E-state index in [1.165, 1.54) is 6.21 Å². The highest BCUT2D eigenvalue weighted by Gasteiger charge is 2.10. The van der Waals surface area contributed by atoms with E-state index in [4.69, 9.17) is 16.3 Å². The second-order valence-electron chi connectivity index (χ2n) is 7.53. The highest BCUT2D eigenvalue weighted by atomic mass is 35.5. The van der Waals surface area contributed by atoms with Gasteiger partial charge in [-0.05, 0) is 48.7 Å². The number of H-pyrrole nitrogens is 1. The average molecular weight is 470 g/mol. The topological polar surface area (TPSA) is 92.3 Å². The van der Waals surface area contributed by atoms with Crippen molar-refractivity contribution < 1.29 is 4.74 Å². The van der Waals surface area contributed by atoms with Crippen molar-refractivity contribution in [3.05, 3.63) is 93.7 Å². The Labute approximate surface area is 200 Å². The van der Waals surface area contributed by atoms with E-state index in [0.29, 0.717) is 34.4 Å². The zero-order valence-electron chi connectivity index (χ0n) is 18.2. The van der Waals surface area contributed by atoms with Crippen molar-refractivity contribution in [2.75, 3.05) is 12.0 Å². The molecule has 168 valence electrons. The van der Waals surface area contributed by atoms with Crippen molar-refractivity contribution >= 4 is 45.6 Å². The first-order valence-electron chi connectivity index (χ1n) is 10.7. The van der Waals surface area contributed by atoms with Gasteiger partial charge in [0.05, 0.1) is 35.1 Å². The Morgan fingerprint density at radius 3 is 2.74 bits per heavy atom. The van der Waals surface area contributed by atoms with E-state index < -0.39 is 0 Å². The lowest BCUT2D eigenvalue weighted by molar-refractivity contribution is 0.340. The van der Waals surface area contributed by atoms with Crippen LogP contribution < -0.4 is 15.7 Å². The van der Waals surface area contributed by atoms with Crippen molar-refractivity contribution in [1.29, 1.82) is 0 Å². The molecule has 0 unspecified atom stereocenters. The van der Waals surface area contributed by atoms with Crippen molar-refractivity contribution in [2.24, 2.45) is 5.10 Å². The SMILES string of the molecule is CCOc1ccc2cc(/C=N\Nc3nc(-c4ccccc4)c4cc(Cl)ccc4n3)c(=O)[nH]c2c1. The van der Waals surface area contributed by atoms with Crippen LogP contribution in [0.4, 0.5) is 5.95 Å². The zero-order chi connectivity index (χ0) is 23.5. The van der Waals surface area contributed by atoms with Gasteiger partial charge in [0, 0.05) is 22.0 Å². The molecule has 34 heavy (non-hydrogen) atoms. The quantitative estimate of drug-likeness (QED) is 0.248. The summed E-state index contributed by atoms with van der Waals surface area (Å²) in [6.45, 7) is 2.47. The van der Waals surface area contributed by atoms with E-state index in [1.807, 2.05) is 61.5 Å². The van der Waals surface area contributed by atoms with Crippen LogP contribution in [0.2, 0.25) is 5.02 Å².